The van der Waals surface area contributed by atoms with Gasteiger partial charge in [-0.2, -0.15) is 0 Å². The fourth-order valence-electron chi connectivity index (χ4n) is 22.6. The molecule has 0 bridgehead atoms. The highest BCUT2D eigenvalue weighted by Crippen LogP contribution is 2.55. The van der Waals surface area contributed by atoms with Crippen molar-refractivity contribution in [1.82, 2.24) is 29.6 Å². The third-order valence-electron chi connectivity index (χ3n) is 31.0. The summed E-state index contributed by atoms with van der Waals surface area (Å²) < 4.78 is 0. The highest BCUT2D eigenvalue weighted by atomic mass is 32.1. The Kier molecular flexibility index (Phi) is 52.4. The number of hydrogen-bond acceptors (Lipinski definition) is 12. The number of carbonyl (C=O) groups excluding carboxylic acids is 4. The molecule has 8 aromatic rings. The monoisotopic (exact) mass is 2040 g/mol. The molecule has 0 aliphatic carbocycles. The molecule has 8 aromatic heterocycles. The lowest BCUT2D eigenvalue weighted by atomic mass is 9.93. The predicted molar refractivity (Wildman–Crippen MR) is 619 cm³/mol. The van der Waals surface area contributed by atoms with E-state index < -0.39 is 0 Å². The average Bonchev–Trinajstić information content (AvgIpc) is 1.55. The zero-order valence-electron chi connectivity index (χ0n) is 89.7. The molecule has 0 aromatic carbocycles. The Morgan fingerprint density at radius 1 is 0.190 bits per heavy atom. The number of unbranched alkanes of at least 4 members (excludes halogenated alkanes) is 48. The van der Waals surface area contributed by atoms with Gasteiger partial charge in [0, 0.05) is 67.8 Å². The summed E-state index contributed by atoms with van der Waals surface area (Å²) >= 11 is 10.5. The standard InChI is InChI=1S/C126H184N6O4S6/c1-9-17-25-33-41-45-53-61-73-97(69-57-49-37-29-21-13-5)93-129-119(111-87-79-103(137-111)101-77-65-67-91-127-101)115-117(125(129)135)121(131(123(115)133)95-99(71-59-51-39-31-23-15-7)75-63-55-47-43-35-27-19-11-3)113-89-85-109(141-113)107-83-81-105(139-107)106-82-84-108(140-106)110-86-90-114(142-110)122-118-116(124(134)132(122)96-100(72-60-52-40-32-24-16-8)76-64-56-48-44-36-28-20-12-4)120(112-88-80-104(138-112)102-78-66-68-92-128-102)130(126(118)136)94-98(70-58-50-38-30-22-14-6)74-62-54-46-42-34-26-18-10-2/h65-68,77-92,97-100H,9-64,69-76,93-96H2,1-8H3. The van der Waals surface area contributed by atoms with E-state index in [0.29, 0.717) is 72.1 Å². The smallest absolute Gasteiger partial charge is 0.261 e. The van der Waals surface area contributed by atoms with Crippen LogP contribution in [0.5, 0.6) is 0 Å². The highest BCUT2D eigenvalue weighted by Gasteiger charge is 2.52. The molecular weight excluding hydrogens is 1850 g/mol. The van der Waals surface area contributed by atoms with Crippen molar-refractivity contribution < 1.29 is 19.2 Å². The van der Waals surface area contributed by atoms with Gasteiger partial charge in [0.05, 0.1) is 85.7 Å². The summed E-state index contributed by atoms with van der Waals surface area (Å²) in [7, 11) is 0. The number of rotatable bonds is 81. The van der Waals surface area contributed by atoms with Crippen LogP contribution in [0.4, 0.5) is 0 Å². The first kappa shape index (κ1) is 114. The molecule has 4 unspecified atom stereocenters. The van der Waals surface area contributed by atoms with Gasteiger partial charge in [-0.3, -0.25) is 29.1 Å². The Bertz CT molecular complexity index is 4770. The quantitative estimate of drug-likeness (QED) is 0.0352. The van der Waals surface area contributed by atoms with Crippen molar-refractivity contribution in [3.05, 3.63) is 163 Å². The zero-order valence-corrected chi connectivity index (χ0v) is 94.6. The van der Waals surface area contributed by atoms with Gasteiger partial charge >= 0.3 is 0 Å². The van der Waals surface area contributed by atoms with Crippen molar-refractivity contribution in [2.24, 2.45) is 23.7 Å². The summed E-state index contributed by atoms with van der Waals surface area (Å²) in [4.78, 5) is 97.9. The van der Waals surface area contributed by atoms with Crippen molar-refractivity contribution in [2.75, 3.05) is 26.2 Å². The summed E-state index contributed by atoms with van der Waals surface area (Å²) in [6.45, 7) is 20.9. The van der Waals surface area contributed by atoms with Crippen LogP contribution in [0.1, 0.15) is 486 Å². The van der Waals surface area contributed by atoms with E-state index in [1.165, 1.54) is 328 Å². The topological polar surface area (TPSA) is 107 Å². The van der Waals surface area contributed by atoms with E-state index in [0.717, 1.165) is 176 Å². The molecule has 0 radical (unpaired) electrons. The summed E-state index contributed by atoms with van der Waals surface area (Å²) in [5.41, 5.74) is 7.51. The van der Waals surface area contributed by atoms with Crippen molar-refractivity contribution >= 4 is 114 Å². The normalized spacial score (nSPS) is 14.9. The molecular formula is C126H184N6O4S6. The third kappa shape index (κ3) is 34.7. The molecule has 4 aliphatic heterocycles. The maximum Gasteiger partial charge on any atom is 0.261 e. The van der Waals surface area contributed by atoms with Crippen LogP contribution < -0.4 is 0 Å². The average molecular weight is 2040 g/mol. The van der Waals surface area contributed by atoms with E-state index in [4.69, 9.17) is 9.97 Å². The molecule has 0 N–H and O–H groups in total. The van der Waals surface area contributed by atoms with Crippen LogP contribution in [0.25, 0.3) is 73.2 Å². The van der Waals surface area contributed by atoms with Crippen molar-refractivity contribution in [3.8, 4) is 50.4 Å². The number of amides is 4. The minimum atomic E-state index is -0.00714. The van der Waals surface area contributed by atoms with Crippen LogP contribution in [0, 0.1) is 23.7 Å². The molecule has 4 atom stereocenters. The van der Waals surface area contributed by atoms with Crippen molar-refractivity contribution in [1.29, 1.82) is 0 Å². The Balaban J connectivity index is 0.903. The molecule has 0 spiro atoms. The minimum Gasteiger partial charge on any atom is -0.306 e. The molecule has 10 nitrogen and oxygen atoms in total. The first-order valence-electron chi connectivity index (χ1n) is 58.6. The summed E-state index contributed by atoms with van der Waals surface area (Å²) in [6.07, 6.45) is 82.5. The molecule has 16 heteroatoms. The van der Waals surface area contributed by atoms with Crippen LogP contribution in [-0.4, -0.2) is 79.4 Å². The van der Waals surface area contributed by atoms with Gasteiger partial charge < -0.3 is 19.6 Å². The zero-order chi connectivity index (χ0) is 99.5. The van der Waals surface area contributed by atoms with E-state index in [2.05, 4.69) is 172 Å². The maximum absolute atomic E-state index is 16.7. The molecule has 0 saturated heterocycles. The van der Waals surface area contributed by atoms with Crippen molar-refractivity contribution in [2.45, 2.75) is 466 Å². The molecule has 4 amide bonds. The van der Waals surface area contributed by atoms with Gasteiger partial charge in [-0.05, 0) is 172 Å². The second-order valence-corrected chi connectivity index (χ2v) is 49.2. The van der Waals surface area contributed by atoms with Crippen LogP contribution in [0.3, 0.4) is 0 Å². The number of carbonyl (C=O) groups is 4. The van der Waals surface area contributed by atoms with Crippen LogP contribution in [0.15, 0.2) is 144 Å². The number of thiophene rings is 6. The van der Waals surface area contributed by atoms with E-state index in [1.54, 1.807) is 45.3 Å². The second kappa shape index (κ2) is 65.2. The molecule has 4 aliphatic rings. The molecule has 12 heterocycles. The Morgan fingerprint density at radius 3 is 0.521 bits per heavy atom. The van der Waals surface area contributed by atoms with Crippen LogP contribution in [0.2, 0.25) is 0 Å². The summed E-state index contributed by atoms with van der Waals surface area (Å²) in [5.74, 6) is 1.19. The third-order valence-corrected chi connectivity index (χ3v) is 38.2. The summed E-state index contributed by atoms with van der Waals surface area (Å²) in [5, 5.41) is 0. The van der Waals surface area contributed by atoms with Gasteiger partial charge in [0.15, 0.2) is 0 Å². The Morgan fingerprint density at radius 2 is 0.345 bits per heavy atom. The van der Waals surface area contributed by atoms with E-state index >= 15 is 19.2 Å². The number of pyridine rings is 2. The lowest BCUT2D eigenvalue weighted by molar-refractivity contribution is -0.124. The van der Waals surface area contributed by atoms with Gasteiger partial charge in [0.1, 0.15) is 0 Å². The first-order chi connectivity index (χ1) is 69.9. The predicted octanol–water partition coefficient (Wildman–Crippen LogP) is 40.4. The number of nitrogens with zero attached hydrogens (tertiary/aromatic N) is 6. The van der Waals surface area contributed by atoms with Gasteiger partial charge in [0.2, 0.25) is 0 Å². The molecule has 0 fully saturated rings. The SMILES string of the molecule is CCCCCCCCCCC(CCCCCCCC)CN1C(=O)C2=C(c3ccc(-c4ccc(-c5ccc(-c6ccc(C7=C8C(=O)N(CC(CCCCCCCC)CCCCCCCCCC)C(c9ccc(-c%10ccccn%10)s9)=C8C(=O)N7CC(CCCCCCCC)CCCCCCCCCC)s6)s5)s4)s3)N(CC(CCCCCCCC)CCCCCCCCCC)C(=O)C2=C1c1ccc(-c2ccccn2)s1. The maximum atomic E-state index is 16.7. The number of hydrogen-bond donors (Lipinski definition) is 0. The van der Waals surface area contributed by atoms with E-state index in [-0.39, 0.29) is 23.6 Å². The van der Waals surface area contributed by atoms with E-state index in [1.807, 2.05) is 47.2 Å². The molecule has 12 rings (SSSR count). The van der Waals surface area contributed by atoms with Crippen molar-refractivity contribution in [3.63, 3.8) is 0 Å². The van der Waals surface area contributed by atoms with E-state index in [9.17, 15) is 0 Å². The Labute approximate surface area is 886 Å². The molecule has 142 heavy (non-hydrogen) atoms. The van der Waals surface area contributed by atoms with Gasteiger partial charge in [-0.25, -0.2) is 0 Å². The fraction of sp³-hybridized carbons (Fsp3) is 0.635. The lowest BCUT2D eigenvalue weighted by Gasteiger charge is -2.29. The highest BCUT2D eigenvalue weighted by molar-refractivity contribution is 7.28. The van der Waals surface area contributed by atoms with Gasteiger partial charge in [-0.15, -0.1) is 68.0 Å². The summed E-state index contributed by atoms with van der Waals surface area (Å²) in [6, 6.07) is 39.2. The largest absolute Gasteiger partial charge is 0.306 e. The second-order valence-electron chi connectivity index (χ2n) is 42.7. The van der Waals surface area contributed by atoms with Crippen LogP contribution >= 0.6 is 68.0 Å². The minimum absolute atomic E-state index is 0.00714. The lowest BCUT2D eigenvalue weighted by Crippen LogP contribution is -2.34. The first-order valence-corrected chi connectivity index (χ1v) is 63.5. The van der Waals surface area contributed by atoms with Gasteiger partial charge in [-0.1, -0.05) is 427 Å². The number of aromatic nitrogens is 2. The number of fused-ring (bicyclic) bond motifs is 2. The molecule has 778 valence electrons. The van der Waals surface area contributed by atoms with Gasteiger partial charge in [0.25, 0.3) is 23.6 Å². The Hall–Kier alpha value is -6.66. The van der Waals surface area contributed by atoms with Crippen LogP contribution in [-0.2, 0) is 19.2 Å². The fourth-order valence-corrected chi connectivity index (χ4v) is 29.1. The molecule has 0 saturated carbocycles.